The Morgan fingerprint density at radius 3 is 2.52 bits per heavy atom. The van der Waals surface area contributed by atoms with Gasteiger partial charge in [0.05, 0.1) is 18.2 Å². The van der Waals surface area contributed by atoms with Gasteiger partial charge in [-0.15, -0.1) is 0 Å². The molecule has 2 aromatic carbocycles. The molecule has 3 aromatic rings. The molecule has 0 aliphatic heterocycles. The van der Waals surface area contributed by atoms with Gasteiger partial charge in [0.15, 0.2) is 6.20 Å². The van der Waals surface area contributed by atoms with Gasteiger partial charge in [-0.05, 0) is 52.6 Å². The summed E-state index contributed by atoms with van der Waals surface area (Å²) >= 11 is 0. The minimum atomic E-state index is 0.671. The Morgan fingerprint density at radius 1 is 1.00 bits per heavy atom. The van der Waals surface area contributed by atoms with Crippen LogP contribution in [0.25, 0.3) is 22.5 Å². The summed E-state index contributed by atoms with van der Waals surface area (Å²) in [5, 5.41) is 0. The number of fused-ring (bicyclic) bond motifs is 3. The summed E-state index contributed by atoms with van der Waals surface area (Å²) in [6.07, 6.45) is 4.21. The SMILES string of the molecule is Cc1ccccc1-c1ncc2c([n+]1C)Cc1c(CC(C)C)cccc1-2. The average molecular weight is 329 g/mol. The van der Waals surface area contributed by atoms with Crippen molar-refractivity contribution in [3.8, 4) is 22.5 Å². The lowest BCUT2D eigenvalue weighted by molar-refractivity contribution is -0.669. The number of hydrogen-bond acceptors (Lipinski definition) is 1. The number of benzene rings is 2. The van der Waals surface area contributed by atoms with E-state index in [1.165, 1.54) is 39.1 Å². The predicted octanol–water partition coefficient (Wildman–Crippen LogP) is 4.65. The lowest BCUT2D eigenvalue weighted by atomic mass is 9.95. The largest absolute Gasteiger partial charge is 0.330 e. The fourth-order valence-corrected chi connectivity index (χ4v) is 4.00. The molecular weight excluding hydrogens is 304 g/mol. The molecule has 1 aliphatic rings. The number of aryl methyl sites for hydroxylation is 1. The summed E-state index contributed by atoms with van der Waals surface area (Å²) in [5.74, 6) is 1.72. The first-order chi connectivity index (χ1) is 12.1. The van der Waals surface area contributed by atoms with E-state index >= 15 is 0 Å². The zero-order valence-electron chi connectivity index (χ0n) is 15.5. The minimum absolute atomic E-state index is 0.671. The van der Waals surface area contributed by atoms with Crippen LogP contribution in [0.4, 0.5) is 0 Å². The molecule has 0 atom stereocenters. The number of rotatable bonds is 3. The zero-order chi connectivity index (χ0) is 17.6. The van der Waals surface area contributed by atoms with E-state index < -0.39 is 0 Å². The Hall–Kier alpha value is -2.48. The van der Waals surface area contributed by atoms with Crippen molar-refractivity contribution in [3.63, 3.8) is 0 Å². The molecule has 1 aromatic heterocycles. The highest BCUT2D eigenvalue weighted by Gasteiger charge is 2.30. The molecule has 0 fully saturated rings. The second-order valence-electron chi connectivity index (χ2n) is 7.53. The maximum absolute atomic E-state index is 4.83. The lowest BCUT2D eigenvalue weighted by Crippen LogP contribution is -2.37. The van der Waals surface area contributed by atoms with Crippen LogP contribution < -0.4 is 4.57 Å². The summed E-state index contributed by atoms with van der Waals surface area (Å²) < 4.78 is 2.29. The van der Waals surface area contributed by atoms with Crippen molar-refractivity contribution in [1.82, 2.24) is 4.98 Å². The van der Waals surface area contributed by atoms with Crippen LogP contribution in [0, 0.1) is 12.8 Å². The van der Waals surface area contributed by atoms with Gasteiger partial charge in [-0.1, -0.05) is 50.2 Å². The smallest absolute Gasteiger partial charge is 0.229 e. The van der Waals surface area contributed by atoms with Crippen molar-refractivity contribution in [2.75, 3.05) is 0 Å². The first kappa shape index (κ1) is 16.0. The van der Waals surface area contributed by atoms with Gasteiger partial charge in [0.1, 0.15) is 5.69 Å². The molecule has 0 bridgehead atoms. The number of nitrogens with zero attached hydrogens (tertiary/aromatic N) is 2. The van der Waals surface area contributed by atoms with Crippen molar-refractivity contribution in [2.24, 2.45) is 13.0 Å². The molecule has 126 valence electrons. The molecule has 0 saturated carbocycles. The van der Waals surface area contributed by atoms with Gasteiger partial charge in [-0.2, -0.15) is 0 Å². The number of aromatic nitrogens is 2. The van der Waals surface area contributed by atoms with E-state index in [0.717, 1.165) is 18.7 Å². The van der Waals surface area contributed by atoms with E-state index in [-0.39, 0.29) is 0 Å². The van der Waals surface area contributed by atoms with Gasteiger partial charge >= 0.3 is 5.82 Å². The second-order valence-corrected chi connectivity index (χ2v) is 7.53. The van der Waals surface area contributed by atoms with Gasteiger partial charge < -0.3 is 0 Å². The van der Waals surface area contributed by atoms with Gasteiger partial charge in [0.25, 0.3) is 0 Å². The molecule has 4 rings (SSSR count). The van der Waals surface area contributed by atoms with E-state index in [1.807, 2.05) is 0 Å². The minimum Gasteiger partial charge on any atom is -0.229 e. The Labute approximate surface area is 150 Å². The van der Waals surface area contributed by atoms with Gasteiger partial charge in [0.2, 0.25) is 0 Å². The molecule has 1 heterocycles. The van der Waals surface area contributed by atoms with Crippen LogP contribution in [0.15, 0.2) is 48.7 Å². The highest BCUT2D eigenvalue weighted by Crippen LogP contribution is 2.37. The monoisotopic (exact) mass is 329 g/mol. The van der Waals surface area contributed by atoms with E-state index in [0.29, 0.717) is 5.92 Å². The maximum Gasteiger partial charge on any atom is 0.330 e. The number of hydrogen-bond donors (Lipinski definition) is 0. The van der Waals surface area contributed by atoms with Crippen LogP contribution in [0.1, 0.15) is 36.2 Å². The normalized spacial score (nSPS) is 12.4. The Kier molecular flexibility index (Phi) is 3.91. The molecule has 0 unspecified atom stereocenters. The van der Waals surface area contributed by atoms with Crippen LogP contribution in [0.2, 0.25) is 0 Å². The second kappa shape index (κ2) is 6.11. The van der Waals surface area contributed by atoms with Crippen molar-refractivity contribution >= 4 is 0 Å². The van der Waals surface area contributed by atoms with Crippen molar-refractivity contribution in [1.29, 1.82) is 0 Å². The summed E-state index contributed by atoms with van der Waals surface area (Å²) in [4.78, 5) is 4.83. The predicted molar refractivity (Wildman–Crippen MR) is 102 cm³/mol. The topological polar surface area (TPSA) is 16.8 Å². The van der Waals surface area contributed by atoms with Gasteiger partial charge in [-0.25, -0.2) is 4.57 Å². The first-order valence-corrected chi connectivity index (χ1v) is 9.11. The Balaban J connectivity index is 1.84. The molecule has 1 aliphatic carbocycles. The molecular formula is C23H25N2+. The Bertz CT molecular complexity index is 954. The third-order valence-corrected chi connectivity index (χ3v) is 5.27. The fourth-order valence-electron chi connectivity index (χ4n) is 4.00. The van der Waals surface area contributed by atoms with E-state index in [2.05, 4.69) is 81.0 Å². The zero-order valence-corrected chi connectivity index (χ0v) is 15.5. The Morgan fingerprint density at radius 2 is 1.76 bits per heavy atom. The molecule has 0 N–H and O–H groups in total. The van der Waals surface area contributed by atoms with Crippen LogP contribution in [-0.2, 0) is 19.9 Å². The fraction of sp³-hybridized carbons (Fsp3) is 0.304. The standard InChI is InChI=1S/C23H25N2/c1-15(2)12-17-9-7-11-19-20(17)13-22-21(19)14-24-23(25(22)4)18-10-6-5-8-16(18)3/h5-11,14-15H,12-13H2,1-4H3/q+1. The van der Waals surface area contributed by atoms with E-state index in [4.69, 9.17) is 4.98 Å². The van der Waals surface area contributed by atoms with E-state index in [9.17, 15) is 0 Å². The molecule has 0 saturated heterocycles. The van der Waals surface area contributed by atoms with Crippen molar-refractivity contribution in [3.05, 3.63) is 71.0 Å². The molecule has 25 heavy (non-hydrogen) atoms. The summed E-state index contributed by atoms with van der Waals surface area (Å²) in [6, 6.07) is 15.2. The summed E-state index contributed by atoms with van der Waals surface area (Å²) in [6.45, 7) is 6.73. The third kappa shape index (κ3) is 2.66. The van der Waals surface area contributed by atoms with E-state index in [1.54, 1.807) is 0 Å². The lowest BCUT2D eigenvalue weighted by Gasteiger charge is -2.10. The maximum atomic E-state index is 4.83. The van der Waals surface area contributed by atoms with Crippen molar-refractivity contribution < 1.29 is 4.57 Å². The molecule has 0 spiro atoms. The molecule has 2 nitrogen and oxygen atoms in total. The summed E-state index contributed by atoms with van der Waals surface area (Å²) in [7, 11) is 2.15. The molecule has 0 amide bonds. The average Bonchev–Trinajstić information content (AvgIpc) is 2.97. The van der Waals surface area contributed by atoms with Crippen LogP contribution in [0.5, 0.6) is 0 Å². The molecule has 2 heteroatoms. The van der Waals surface area contributed by atoms with Gasteiger partial charge in [0, 0.05) is 6.42 Å². The highest BCUT2D eigenvalue weighted by molar-refractivity contribution is 5.75. The first-order valence-electron chi connectivity index (χ1n) is 9.11. The third-order valence-electron chi connectivity index (χ3n) is 5.27. The molecule has 0 radical (unpaired) electrons. The highest BCUT2D eigenvalue weighted by atomic mass is 15.0. The van der Waals surface area contributed by atoms with Crippen LogP contribution >= 0.6 is 0 Å². The van der Waals surface area contributed by atoms with Crippen molar-refractivity contribution in [2.45, 2.75) is 33.6 Å². The van der Waals surface area contributed by atoms with Crippen LogP contribution in [-0.4, -0.2) is 4.98 Å². The quantitative estimate of drug-likeness (QED) is 0.500. The summed E-state index contributed by atoms with van der Waals surface area (Å²) in [5.41, 5.74) is 9.49. The van der Waals surface area contributed by atoms with Gasteiger partial charge in [-0.3, -0.25) is 0 Å². The van der Waals surface area contributed by atoms with Crippen LogP contribution in [0.3, 0.4) is 0 Å².